The first kappa shape index (κ1) is 14.5. The van der Waals surface area contributed by atoms with Crippen molar-refractivity contribution in [3.63, 3.8) is 0 Å². The lowest BCUT2D eigenvalue weighted by Gasteiger charge is -2.25. The highest BCUT2D eigenvalue weighted by molar-refractivity contribution is 5.12. The zero-order valence-electron chi connectivity index (χ0n) is 12.4. The molecule has 1 aliphatic heterocycles. The van der Waals surface area contributed by atoms with Crippen LogP contribution in [0, 0.1) is 5.92 Å². The fourth-order valence-corrected chi connectivity index (χ4v) is 3.19. The van der Waals surface area contributed by atoms with E-state index in [4.69, 9.17) is 5.73 Å². The Kier molecular flexibility index (Phi) is 5.40. The number of nitrogens with two attached hydrogens (primary N) is 1. The molecule has 0 amide bonds. The van der Waals surface area contributed by atoms with E-state index in [9.17, 15) is 0 Å². The topological polar surface area (TPSA) is 47.1 Å². The van der Waals surface area contributed by atoms with Crippen LogP contribution in [-0.2, 0) is 6.54 Å². The van der Waals surface area contributed by atoms with E-state index < -0.39 is 0 Å². The molecule has 1 saturated heterocycles. The summed E-state index contributed by atoms with van der Waals surface area (Å²) >= 11 is 0. The van der Waals surface area contributed by atoms with Crippen LogP contribution in [0.3, 0.4) is 0 Å². The Hall–Kier alpha value is -0.870. The number of aryl methyl sites for hydroxylation is 1. The molecule has 108 valence electrons. The number of hydrogen-bond acceptors (Lipinski definition) is 3. The van der Waals surface area contributed by atoms with Crippen LogP contribution in [0.15, 0.2) is 12.4 Å². The zero-order valence-corrected chi connectivity index (χ0v) is 12.4. The van der Waals surface area contributed by atoms with Gasteiger partial charge in [-0.1, -0.05) is 20.3 Å². The summed E-state index contributed by atoms with van der Waals surface area (Å²) in [5.41, 5.74) is 7.29. The molecule has 0 saturated carbocycles. The molecule has 2 unspecified atom stereocenters. The van der Waals surface area contributed by atoms with Crippen molar-refractivity contribution in [2.75, 3.05) is 19.6 Å². The van der Waals surface area contributed by atoms with Gasteiger partial charge in [-0.25, -0.2) is 0 Å². The molecule has 2 heterocycles. The molecule has 2 rings (SSSR count). The predicted molar refractivity (Wildman–Crippen MR) is 78.9 cm³/mol. The maximum atomic E-state index is 6.01. The number of hydrogen-bond donors (Lipinski definition) is 1. The lowest BCUT2D eigenvalue weighted by atomic mass is 10.0. The summed E-state index contributed by atoms with van der Waals surface area (Å²) in [7, 11) is 0. The molecule has 2 N–H and O–H groups in total. The fourth-order valence-electron chi connectivity index (χ4n) is 3.19. The molecule has 4 heteroatoms. The van der Waals surface area contributed by atoms with Gasteiger partial charge in [0.05, 0.1) is 12.2 Å². The van der Waals surface area contributed by atoms with Gasteiger partial charge in [-0.05, 0) is 31.7 Å². The molecule has 2 atom stereocenters. The molecule has 4 nitrogen and oxygen atoms in total. The second-order valence-corrected chi connectivity index (χ2v) is 5.73. The predicted octanol–water partition coefficient (Wildman–Crippen LogP) is 2.41. The average molecular weight is 264 g/mol. The number of rotatable bonds is 7. The van der Waals surface area contributed by atoms with Crippen LogP contribution in [0.5, 0.6) is 0 Å². The van der Waals surface area contributed by atoms with E-state index in [2.05, 4.69) is 30.0 Å². The third-order valence-electron chi connectivity index (χ3n) is 4.17. The van der Waals surface area contributed by atoms with Gasteiger partial charge in [0.15, 0.2) is 0 Å². The standard InChI is InChI=1S/C15H28N4/c1-3-5-13-6-8-18(11-13)15(9-16)14-10-17-19(12-14)7-4-2/h10,12-13,15H,3-9,11,16H2,1-2H3. The van der Waals surface area contributed by atoms with Crippen LogP contribution in [0.1, 0.15) is 51.1 Å². The van der Waals surface area contributed by atoms with Crippen LogP contribution in [0.4, 0.5) is 0 Å². The first-order valence-corrected chi connectivity index (χ1v) is 7.74. The van der Waals surface area contributed by atoms with E-state index in [-0.39, 0.29) is 0 Å². The van der Waals surface area contributed by atoms with Crippen LogP contribution < -0.4 is 5.73 Å². The first-order valence-electron chi connectivity index (χ1n) is 7.74. The van der Waals surface area contributed by atoms with E-state index in [1.54, 1.807) is 0 Å². The van der Waals surface area contributed by atoms with E-state index >= 15 is 0 Å². The summed E-state index contributed by atoms with van der Waals surface area (Å²) < 4.78 is 2.04. The van der Waals surface area contributed by atoms with Crippen molar-refractivity contribution in [3.8, 4) is 0 Å². The Morgan fingerprint density at radius 3 is 2.95 bits per heavy atom. The van der Waals surface area contributed by atoms with Crippen molar-refractivity contribution < 1.29 is 0 Å². The minimum absolute atomic E-state index is 0.354. The number of aromatic nitrogens is 2. The van der Waals surface area contributed by atoms with Crippen molar-refractivity contribution in [2.24, 2.45) is 11.7 Å². The quantitative estimate of drug-likeness (QED) is 0.822. The smallest absolute Gasteiger partial charge is 0.0538 e. The lowest BCUT2D eigenvalue weighted by molar-refractivity contribution is 0.239. The summed E-state index contributed by atoms with van der Waals surface area (Å²) in [6.45, 7) is 8.53. The molecule has 1 aromatic rings. The lowest BCUT2D eigenvalue weighted by Crippen LogP contribution is -2.31. The van der Waals surface area contributed by atoms with E-state index in [0.29, 0.717) is 12.6 Å². The molecule has 1 aromatic heterocycles. The molecular weight excluding hydrogens is 236 g/mol. The zero-order chi connectivity index (χ0) is 13.7. The van der Waals surface area contributed by atoms with Crippen LogP contribution in [-0.4, -0.2) is 34.3 Å². The Bertz CT molecular complexity index is 374. The van der Waals surface area contributed by atoms with Gasteiger partial charge in [0.2, 0.25) is 0 Å². The highest BCUT2D eigenvalue weighted by Crippen LogP contribution is 2.28. The minimum Gasteiger partial charge on any atom is -0.329 e. The Morgan fingerprint density at radius 1 is 1.42 bits per heavy atom. The van der Waals surface area contributed by atoms with E-state index in [1.807, 2.05) is 10.9 Å². The van der Waals surface area contributed by atoms with Gasteiger partial charge < -0.3 is 5.73 Å². The maximum absolute atomic E-state index is 6.01. The number of likely N-dealkylation sites (tertiary alicyclic amines) is 1. The van der Waals surface area contributed by atoms with Crippen LogP contribution in [0.25, 0.3) is 0 Å². The summed E-state index contributed by atoms with van der Waals surface area (Å²) in [4.78, 5) is 2.55. The largest absolute Gasteiger partial charge is 0.329 e. The molecule has 0 bridgehead atoms. The van der Waals surface area contributed by atoms with Gasteiger partial charge in [0.25, 0.3) is 0 Å². The molecule has 19 heavy (non-hydrogen) atoms. The van der Waals surface area contributed by atoms with Crippen molar-refractivity contribution in [2.45, 2.75) is 52.1 Å². The van der Waals surface area contributed by atoms with Crippen LogP contribution >= 0.6 is 0 Å². The minimum atomic E-state index is 0.354. The fraction of sp³-hybridized carbons (Fsp3) is 0.800. The Labute approximate surface area is 117 Å². The van der Waals surface area contributed by atoms with Gasteiger partial charge in [-0.15, -0.1) is 0 Å². The molecule has 0 radical (unpaired) electrons. The third kappa shape index (κ3) is 3.57. The van der Waals surface area contributed by atoms with E-state index in [1.165, 1.54) is 37.9 Å². The SMILES string of the molecule is CCCC1CCN(C(CN)c2cnn(CCC)c2)C1. The molecule has 0 aliphatic carbocycles. The molecular formula is C15H28N4. The first-order chi connectivity index (χ1) is 9.28. The highest BCUT2D eigenvalue weighted by atomic mass is 15.3. The number of nitrogens with zero attached hydrogens (tertiary/aromatic N) is 3. The maximum Gasteiger partial charge on any atom is 0.0538 e. The third-order valence-corrected chi connectivity index (χ3v) is 4.17. The molecule has 0 spiro atoms. The second-order valence-electron chi connectivity index (χ2n) is 5.73. The average Bonchev–Trinajstić information content (AvgIpc) is 3.02. The van der Waals surface area contributed by atoms with Crippen molar-refractivity contribution >= 4 is 0 Å². The van der Waals surface area contributed by atoms with Gasteiger partial charge in [0.1, 0.15) is 0 Å². The summed E-state index contributed by atoms with van der Waals surface area (Å²) in [6.07, 6.45) is 9.27. The summed E-state index contributed by atoms with van der Waals surface area (Å²) in [5, 5.41) is 4.44. The second kappa shape index (κ2) is 7.06. The Balaban J connectivity index is 1.99. The van der Waals surface area contributed by atoms with Crippen molar-refractivity contribution in [3.05, 3.63) is 18.0 Å². The molecule has 1 aliphatic rings. The highest BCUT2D eigenvalue weighted by Gasteiger charge is 2.28. The van der Waals surface area contributed by atoms with Crippen molar-refractivity contribution in [1.82, 2.24) is 14.7 Å². The Morgan fingerprint density at radius 2 is 2.26 bits per heavy atom. The normalized spacial score (nSPS) is 21.9. The monoisotopic (exact) mass is 264 g/mol. The van der Waals surface area contributed by atoms with Crippen LogP contribution in [0.2, 0.25) is 0 Å². The molecule has 1 fully saturated rings. The van der Waals surface area contributed by atoms with Gasteiger partial charge in [-0.2, -0.15) is 5.10 Å². The van der Waals surface area contributed by atoms with Gasteiger partial charge in [0, 0.05) is 31.4 Å². The van der Waals surface area contributed by atoms with E-state index in [0.717, 1.165) is 18.9 Å². The van der Waals surface area contributed by atoms with Gasteiger partial charge >= 0.3 is 0 Å². The van der Waals surface area contributed by atoms with Crippen molar-refractivity contribution in [1.29, 1.82) is 0 Å². The molecule has 0 aromatic carbocycles. The summed E-state index contributed by atoms with van der Waals surface area (Å²) in [6, 6.07) is 0.354. The summed E-state index contributed by atoms with van der Waals surface area (Å²) in [5.74, 6) is 0.865. The van der Waals surface area contributed by atoms with Gasteiger partial charge in [-0.3, -0.25) is 9.58 Å².